The molecule has 0 fully saturated rings. The van der Waals surface area contributed by atoms with Gasteiger partial charge < -0.3 is 15.2 Å². The molecule has 0 unspecified atom stereocenters. The SMILES string of the molecule is CC.O=C(Nc1csc(-c2ccc(Cl)cc2)c1C(=O)O)c1cccc(OC(F)(F)F)c1. The zero-order valence-electron chi connectivity index (χ0n) is 16.3. The fourth-order valence-electron chi connectivity index (χ4n) is 2.50. The van der Waals surface area contributed by atoms with Crippen LogP contribution in [-0.2, 0) is 0 Å². The van der Waals surface area contributed by atoms with Gasteiger partial charge in [-0.05, 0) is 35.9 Å². The number of benzene rings is 2. The highest BCUT2D eigenvalue weighted by Gasteiger charge is 2.31. The van der Waals surface area contributed by atoms with E-state index in [0.717, 1.165) is 23.5 Å². The van der Waals surface area contributed by atoms with Crippen LogP contribution in [0.2, 0.25) is 5.02 Å². The van der Waals surface area contributed by atoms with Crippen LogP contribution in [0.3, 0.4) is 0 Å². The number of carboxylic acid groups (broad SMARTS) is 1. The number of anilines is 1. The van der Waals surface area contributed by atoms with Crippen molar-refractivity contribution in [2.24, 2.45) is 0 Å². The maximum Gasteiger partial charge on any atom is 0.573 e. The van der Waals surface area contributed by atoms with Crippen LogP contribution in [0.4, 0.5) is 18.9 Å². The molecule has 0 aliphatic carbocycles. The molecular formula is C21H17ClF3NO4S. The largest absolute Gasteiger partial charge is 0.573 e. The molecule has 0 saturated heterocycles. The highest BCUT2D eigenvalue weighted by molar-refractivity contribution is 7.14. The maximum absolute atomic E-state index is 12.4. The van der Waals surface area contributed by atoms with Gasteiger partial charge in [-0.1, -0.05) is 43.6 Å². The first-order valence-electron chi connectivity index (χ1n) is 8.92. The molecule has 0 atom stereocenters. The molecule has 1 amide bonds. The number of halogens is 4. The van der Waals surface area contributed by atoms with Gasteiger partial charge >= 0.3 is 12.3 Å². The number of aromatic carboxylic acids is 1. The van der Waals surface area contributed by atoms with E-state index in [4.69, 9.17) is 11.6 Å². The molecule has 0 aliphatic rings. The van der Waals surface area contributed by atoms with Crippen molar-refractivity contribution in [2.75, 3.05) is 5.32 Å². The van der Waals surface area contributed by atoms with Gasteiger partial charge in [-0.15, -0.1) is 24.5 Å². The summed E-state index contributed by atoms with van der Waals surface area (Å²) in [5.74, 6) is -2.60. The van der Waals surface area contributed by atoms with Crippen LogP contribution < -0.4 is 10.1 Å². The van der Waals surface area contributed by atoms with Crippen molar-refractivity contribution in [2.45, 2.75) is 20.2 Å². The zero-order valence-corrected chi connectivity index (χ0v) is 17.9. The standard InChI is InChI=1S/C19H11ClF3NO4S.C2H6/c20-12-6-4-10(5-7-12)16-15(18(26)27)14(9-29-16)24-17(25)11-2-1-3-13(8-11)28-19(21,22)23;1-2/h1-9H,(H,24,25)(H,26,27);1-2H3. The minimum Gasteiger partial charge on any atom is -0.478 e. The summed E-state index contributed by atoms with van der Waals surface area (Å²) >= 11 is 6.95. The van der Waals surface area contributed by atoms with E-state index in [9.17, 15) is 27.9 Å². The van der Waals surface area contributed by atoms with Crippen molar-refractivity contribution in [3.63, 3.8) is 0 Å². The molecule has 2 N–H and O–H groups in total. The lowest BCUT2D eigenvalue weighted by Crippen LogP contribution is -2.18. The molecule has 10 heteroatoms. The predicted octanol–water partition coefficient (Wildman–Crippen LogP) is 6.94. The van der Waals surface area contributed by atoms with Crippen LogP contribution in [0.15, 0.2) is 53.9 Å². The summed E-state index contributed by atoms with van der Waals surface area (Å²) in [4.78, 5) is 24.6. The highest BCUT2D eigenvalue weighted by Crippen LogP contribution is 2.37. The van der Waals surface area contributed by atoms with Gasteiger partial charge in [0.05, 0.1) is 10.6 Å². The van der Waals surface area contributed by atoms with E-state index in [1.807, 2.05) is 13.8 Å². The van der Waals surface area contributed by atoms with Crippen molar-refractivity contribution in [1.82, 2.24) is 0 Å². The lowest BCUT2D eigenvalue weighted by atomic mass is 10.1. The molecule has 164 valence electrons. The molecule has 0 aliphatic heterocycles. The van der Waals surface area contributed by atoms with Crippen LogP contribution in [0.25, 0.3) is 10.4 Å². The molecule has 3 aromatic rings. The third-order valence-corrected chi connectivity index (χ3v) is 4.97. The van der Waals surface area contributed by atoms with Crippen LogP contribution in [-0.4, -0.2) is 23.3 Å². The Bertz CT molecular complexity index is 1070. The molecule has 1 heterocycles. The third kappa shape index (κ3) is 6.47. The molecule has 0 saturated carbocycles. The van der Waals surface area contributed by atoms with Gasteiger partial charge in [0.15, 0.2) is 0 Å². The number of amides is 1. The van der Waals surface area contributed by atoms with Crippen molar-refractivity contribution in [3.05, 3.63) is 70.1 Å². The minimum absolute atomic E-state index is 0.0274. The molecule has 31 heavy (non-hydrogen) atoms. The quantitative estimate of drug-likeness (QED) is 0.422. The van der Waals surface area contributed by atoms with Crippen molar-refractivity contribution >= 4 is 40.5 Å². The Kier molecular flexibility index (Phi) is 8.07. The number of hydrogen-bond donors (Lipinski definition) is 2. The average Bonchev–Trinajstić information content (AvgIpc) is 3.13. The number of ether oxygens (including phenoxy) is 1. The van der Waals surface area contributed by atoms with Crippen LogP contribution in [0.1, 0.15) is 34.6 Å². The van der Waals surface area contributed by atoms with Crippen molar-refractivity contribution in [1.29, 1.82) is 0 Å². The molecule has 0 spiro atoms. The summed E-state index contributed by atoms with van der Waals surface area (Å²) < 4.78 is 40.9. The first kappa shape index (κ1) is 24.2. The fraction of sp³-hybridized carbons (Fsp3) is 0.143. The number of carbonyl (C=O) groups is 2. The monoisotopic (exact) mass is 471 g/mol. The maximum atomic E-state index is 12.4. The first-order valence-corrected chi connectivity index (χ1v) is 10.2. The van der Waals surface area contributed by atoms with Gasteiger partial charge in [0.1, 0.15) is 11.3 Å². The Balaban J connectivity index is 0.00000166. The van der Waals surface area contributed by atoms with Crippen molar-refractivity contribution in [3.8, 4) is 16.2 Å². The Hall–Kier alpha value is -3.04. The lowest BCUT2D eigenvalue weighted by molar-refractivity contribution is -0.274. The molecule has 0 bridgehead atoms. The highest BCUT2D eigenvalue weighted by atomic mass is 35.5. The average molecular weight is 472 g/mol. The first-order chi connectivity index (χ1) is 14.6. The number of thiophene rings is 1. The van der Waals surface area contributed by atoms with Gasteiger partial charge in [0.25, 0.3) is 5.91 Å². The molecule has 5 nitrogen and oxygen atoms in total. The number of hydrogen-bond acceptors (Lipinski definition) is 4. The Morgan fingerprint density at radius 3 is 2.32 bits per heavy atom. The van der Waals surface area contributed by atoms with Gasteiger partial charge in [-0.3, -0.25) is 4.79 Å². The molecule has 3 rings (SSSR count). The number of alkyl halides is 3. The predicted molar refractivity (Wildman–Crippen MR) is 114 cm³/mol. The topological polar surface area (TPSA) is 75.6 Å². The smallest absolute Gasteiger partial charge is 0.478 e. The van der Waals surface area contributed by atoms with Crippen LogP contribution >= 0.6 is 22.9 Å². The van der Waals surface area contributed by atoms with E-state index in [0.29, 0.717) is 15.5 Å². The lowest BCUT2D eigenvalue weighted by Gasteiger charge is -2.10. The summed E-state index contributed by atoms with van der Waals surface area (Å²) in [6.45, 7) is 4.00. The van der Waals surface area contributed by atoms with E-state index < -0.39 is 24.0 Å². The number of rotatable bonds is 5. The van der Waals surface area contributed by atoms with Gasteiger partial charge in [0, 0.05) is 16.0 Å². The van der Waals surface area contributed by atoms with E-state index >= 15 is 0 Å². The van der Waals surface area contributed by atoms with E-state index in [-0.39, 0.29) is 16.8 Å². The fourth-order valence-corrected chi connectivity index (χ4v) is 3.63. The summed E-state index contributed by atoms with van der Waals surface area (Å²) in [6.07, 6.45) is -4.90. The van der Waals surface area contributed by atoms with Crippen molar-refractivity contribution < 1.29 is 32.6 Å². The van der Waals surface area contributed by atoms with E-state index in [2.05, 4.69) is 10.1 Å². The molecule has 0 radical (unpaired) electrons. The van der Waals surface area contributed by atoms with E-state index in [1.54, 1.807) is 24.3 Å². The number of carboxylic acids is 1. The third-order valence-electron chi connectivity index (χ3n) is 3.69. The van der Waals surface area contributed by atoms with E-state index in [1.165, 1.54) is 17.5 Å². The summed E-state index contributed by atoms with van der Waals surface area (Å²) in [5, 5.41) is 13.9. The van der Waals surface area contributed by atoms with Gasteiger partial charge in [0.2, 0.25) is 0 Å². The minimum atomic E-state index is -4.90. The van der Waals surface area contributed by atoms with Gasteiger partial charge in [-0.2, -0.15) is 0 Å². The van der Waals surface area contributed by atoms with Crippen LogP contribution in [0.5, 0.6) is 5.75 Å². The second-order valence-electron chi connectivity index (χ2n) is 5.70. The second-order valence-corrected chi connectivity index (χ2v) is 7.01. The number of carbonyl (C=O) groups excluding carboxylic acids is 1. The summed E-state index contributed by atoms with van der Waals surface area (Å²) in [7, 11) is 0. The summed E-state index contributed by atoms with van der Waals surface area (Å²) in [5.41, 5.74) is 0.369. The Morgan fingerprint density at radius 2 is 1.74 bits per heavy atom. The molecule has 1 aromatic heterocycles. The molecular weight excluding hydrogens is 455 g/mol. The Morgan fingerprint density at radius 1 is 1.10 bits per heavy atom. The second kappa shape index (κ2) is 10.3. The zero-order chi connectivity index (χ0) is 23.2. The van der Waals surface area contributed by atoms with Crippen LogP contribution in [0, 0.1) is 0 Å². The molecule has 2 aromatic carbocycles. The normalized spacial score (nSPS) is 10.6. The number of nitrogens with one attached hydrogen (secondary N) is 1. The Labute approximate surface area is 185 Å². The summed E-state index contributed by atoms with van der Waals surface area (Å²) in [6, 6.07) is 11.0. The van der Waals surface area contributed by atoms with Gasteiger partial charge in [-0.25, -0.2) is 4.79 Å².